The van der Waals surface area contributed by atoms with E-state index in [1.165, 1.54) is 28.0 Å². The third kappa shape index (κ3) is 3.91. The van der Waals surface area contributed by atoms with Crippen LogP contribution in [0.3, 0.4) is 0 Å². The Morgan fingerprint density at radius 3 is 1.56 bits per heavy atom. The summed E-state index contributed by atoms with van der Waals surface area (Å²) in [5.41, 5.74) is 12.4. The number of allylic oxidation sites excluding steroid dienone is 8. The molecular weight excluding hydrogens is 438 g/mol. The molecule has 0 N–H and O–H groups in total. The van der Waals surface area contributed by atoms with Gasteiger partial charge in [-0.3, -0.25) is 0 Å². The number of nitrogens with zero attached hydrogens (tertiary/aromatic N) is 1. The number of rotatable bonds is 6. The van der Waals surface area contributed by atoms with Gasteiger partial charge in [-0.15, -0.1) is 0 Å². The number of hydrogen-bond acceptors (Lipinski definition) is 1. The van der Waals surface area contributed by atoms with Gasteiger partial charge < -0.3 is 0 Å². The minimum absolute atomic E-state index is 0.201. The second kappa shape index (κ2) is 8.93. The standard InChI is InChI=1S/C11H18NSi.2C9H13.Ti/c1-12(2)11-8-6-5-7-10(11)9-13(3)4;2*1-6-5-7(2)9(4)8(6)3;/h5-9,13H,1-4H3;2*5H,1-4H3;. The van der Waals surface area contributed by atoms with Crippen LogP contribution in [0.25, 0.3) is 0 Å². The molecule has 32 heavy (non-hydrogen) atoms. The van der Waals surface area contributed by atoms with Gasteiger partial charge in [0.15, 0.2) is 0 Å². The maximum absolute atomic E-state index is 2.68. The summed E-state index contributed by atoms with van der Waals surface area (Å²) in [6, 6.07) is 9.29. The third-order valence-electron chi connectivity index (χ3n) is 8.73. The van der Waals surface area contributed by atoms with Gasteiger partial charge in [-0.1, -0.05) is 0 Å². The van der Waals surface area contributed by atoms with Gasteiger partial charge in [-0.05, 0) is 0 Å². The van der Waals surface area contributed by atoms with E-state index in [4.69, 9.17) is 0 Å². The Balaban J connectivity index is 2.39. The second-order valence-electron chi connectivity index (χ2n) is 11.1. The van der Waals surface area contributed by atoms with Crippen molar-refractivity contribution >= 4 is 14.5 Å². The average molecular weight is 483 g/mol. The molecule has 173 valence electrons. The normalized spacial score (nSPS) is 26.7. The summed E-state index contributed by atoms with van der Waals surface area (Å²) in [4.78, 5) is 2.34. The Kier molecular flexibility index (Phi) is 7.13. The Hall–Kier alpha value is -1.09. The number of hydrogen-bond donors (Lipinski definition) is 0. The first-order chi connectivity index (χ1) is 14.8. The molecule has 3 rings (SSSR count). The van der Waals surface area contributed by atoms with Gasteiger partial charge in [0.05, 0.1) is 0 Å². The van der Waals surface area contributed by atoms with Crippen LogP contribution in [-0.2, 0) is 17.9 Å². The van der Waals surface area contributed by atoms with Gasteiger partial charge in [0.1, 0.15) is 0 Å². The van der Waals surface area contributed by atoms with Gasteiger partial charge in [0.25, 0.3) is 0 Å². The van der Waals surface area contributed by atoms with Gasteiger partial charge in [0, 0.05) is 0 Å². The van der Waals surface area contributed by atoms with Crippen LogP contribution in [0.1, 0.15) is 64.8 Å². The fraction of sp³-hybridized carbons (Fsp3) is 0.517. The first kappa shape index (κ1) is 25.5. The summed E-state index contributed by atoms with van der Waals surface area (Å²) in [6.45, 7) is 24.7. The first-order valence-electron chi connectivity index (χ1n) is 12.2. The fourth-order valence-electron chi connectivity index (χ4n) is 6.42. The van der Waals surface area contributed by atoms with Gasteiger partial charge >= 0.3 is 207 Å². The Morgan fingerprint density at radius 2 is 1.22 bits per heavy atom. The molecule has 0 spiro atoms. The van der Waals surface area contributed by atoms with E-state index in [1.807, 2.05) is 0 Å². The van der Waals surface area contributed by atoms with E-state index < -0.39 is 26.7 Å². The van der Waals surface area contributed by atoms with Crippen LogP contribution in [0.4, 0.5) is 5.69 Å². The SMILES string of the molecule is CC1=C[C](C)([Ti]([CH](c2ccccc2N(C)C)[SiH](C)C)[C]2(C)C=C(C)C(C)=C2C)C(C)=C1C. The van der Waals surface area contributed by atoms with Crippen LogP contribution in [0.2, 0.25) is 20.5 Å². The van der Waals surface area contributed by atoms with Crippen molar-refractivity contribution in [3.05, 3.63) is 75.4 Å². The molecule has 0 radical (unpaired) electrons. The average Bonchev–Trinajstić information content (AvgIpc) is 3.04. The van der Waals surface area contributed by atoms with Crippen LogP contribution >= 0.6 is 0 Å². The maximum atomic E-state index is 2.68. The molecular formula is C29H44NSiTi. The zero-order valence-electron chi connectivity index (χ0n) is 22.6. The van der Waals surface area contributed by atoms with E-state index in [9.17, 15) is 0 Å². The molecule has 1 aromatic rings. The van der Waals surface area contributed by atoms with E-state index in [0.29, 0.717) is 0 Å². The number of anilines is 1. The molecule has 0 bridgehead atoms. The summed E-state index contributed by atoms with van der Waals surface area (Å²) in [5.74, 6) is 0. The molecule has 2 aliphatic rings. The van der Waals surface area contributed by atoms with E-state index >= 15 is 0 Å². The number of para-hydroxylation sites is 1. The van der Waals surface area contributed by atoms with Crippen molar-refractivity contribution in [3.63, 3.8) is 0 Å². The van der Waals surface area contributed by atoms with Gasteiger partial charge in [0.2, 0.25) is 0 Å². The van der Waals surface area contributed by atoms with Crippen LogP contribution in [0.15, 0.2) is 69.9 Å². The molecule has 1 aromatic carbocycles. The molecule has 0 heterocycles. The van der Waals surface area contributed by atoms with Crippen LogP contribution in [0.5, 0.6) is 0 Å². The summed E-state index contributed by atoms with van der Waals surface area (Å²) < 4.78 is 1.12. The van der Waals surface area contributed by atoms with Crippen molar-refractivity contribution in [2.45, 2.75) is 79.8 Å². The zero-order chi connectivity index (χ0) is 24.2. The van der Waals surface area contributed by atoms with Crippen molar-refractivity contribution < 1.29 is 17.9 Å². The summed E-state index contributed by atoms with van der Waals surface area (Å²) in [6.07, 6.45) is 5.37. The molecule has 1 nitrogen and oxygen atoms in total. The van der Waals surface area contributed by atoms with Crippen LogP contribution < -0.4 is 4.90 Å². The van der Waals surface area contributed by atoms with Gasteiger partial charge in [-0.2, -0.15) is 0 Å². The van der Waals surface area contributed by atoms with E-state index in [2.05, 4.69) is 124 Å². The van der Waals surface area contributed by atoms with E-state index in [0.717, 1.165) is 3.85 Å². The molecule has 0 saturated carbocycles. The minimum atomic E-state index is -1.94. The topological polar surface area (TPSA) is 3.24 Å². The summed E-state index contributed by atoms with van der Waals surface area (Å²) in [5, 5.41) is 0. The van der Waals surface area contributed by atoms with E-state index in [-0.39, 0.29) is 7.44 Å². The summed E-state index contributed by atoms with van der Waals surface area (Å²) in [7, 11) is 3.39. The van der Waals surface area contributed by atoms with Crippen LogP contribution in [-0.4, -0.2) is 22.9 Å². The predicted molar refractivity (Wildman–Crippen MR) is 143 cm³/mol. The molecule has 0 aromatic heterocycles. The van der Waals surface area contributed by atoms with Crippen molar-refractivity contribution in [2.24, 2.45) is 0 Å². The monoisotopic (exact) mass is 482 g/mol. The quantitative estimate of drug-likeness (QED) is 0.368. The zero-order valence-corrected chi connectivity index (χ0v) is 25.3. The van der Waals surface area contributed by atoms with Crippen molar-refractivity contribution in [1.29, 1.82) is 0 Å². The molecule has 3 heteroatoms. The Bertz CT molecular complexity index is 989. The van der Waals surface area contributed by atoms with Crippen molar-refractivity contribution in [3.8, 4) is 0 Å². The first-order valence-corrected chi connectivity index (χ1v) is 17.6. The third-order valence-corrected chi connectivity index (χ3v) is 21.5. The fourth-order valence-corrected chi connectivity index (χ4v) is 21.6. The molecule has 3 unspecified atom stereocenters. The van der Waals surface area contributed by atoms with Crippen molar-refractivity contribution in [1.82, 2.24) is 0 Å². The van der Waals surface area contributed by atoms with Gasteiger partial charge in [-0.25, -0.2) is 0 Å². The van der Waals surface area contributed by atoms with Crippen molar-refractivity contribution in [2.75, 3.05) is 19.0 Å². The molecule has 3 atom stereocenters. The summed E-state index contributed by atoms with van der Waals surface area (Å²) >= 11 is -1.94. The molecule has 2 aliphatic carbocycles. The van der Waals surface area contributed by atoms with Crippen LogP contribution in [0, 0.1) is 0 Å². The second-order valence-corrected chi connectivity index (χ2v) is 20.9. The van der Waals surface area contributed by atoms with E-state index in [1.54, 1.807) is 16.7 Å². The molecule has 0 saturated heterocycles. The molecule has 0 amide bonds. The molecule has 0 aliphatic heterocycles. The number of benzene rings is 1. The Morgan fingerprint density at radius 1 is 0.781 bits per heavy atom. The molecule has 0 fully saturated rings. The Labute approximate surface area is 205 Å². The predicted octanol–water partition coefficient (Wildman–Crippen LogP) is 8.39.